The Morgan fingerprint density at radius 1 is 1.34 bits per heavy atom. The molecule has 0 radical (unpaired) electrons. The summed E-state index contributed by atoms with van der Waals surface area (Å²) in [7, 11) is 0. The Bertz CT molecular complexity index is 986. The Labute approximate surface area is 167 Å². The van der Waals surface area contributed by atoms with E-state index in [2.05, 4.69) is 15.2 Å². The van der Waals surface area contributed by atoms with Crippen LogP contribution in [0.15, 0.2) is 41.1 Å². The number of rotatable bonds is 6. The maximum absolute atomic E-state index is 13.6. The summed E-state index contributed by atoms with van der Waals surface area (Å²) in [4.78, 5) is 19.1. The summed E-state index contributed by atoms with van der Waals surface area (Å²) in [6, 6.07) is 7.89. The molecule has 152 valence electrons. The van der Waals surface area contributed by atoms with Crippen molar-refractivity contribution in [1.29, 1.82) is 0 Å². The van der Waals surface area contributed by atoms with Gasteiger partial charge in [-0.25, -0.2) is 4.39 Å². The average molecular weight is 399 g/mol. The van der Waals surface area contributed by atoms with Crippen LogP contribution in [0.1, 0.15) is 47.9 Å². The van der Waals surface area contributed by atoms with Gasteiger partial charge in [-0.05, 0) is 38.0 Å². The zero-order valence-corrected chi connectivity index (χ0v) is 16.1. The highest BCUT2D eigenvalue weighted by Gasteiger charge is 2.29. The van der Waals surface area contributed by atoms with Crippen LogP contribution in [0.25, 0.3) is 0 Å². The lowest BCUT2D eigenvalue weighted by Gasteiger charge is -2.31. The van der Waals surface area contributed by atoms with Gasteiger partial charge >= 0.3 is 0 Å². The van der Waals surface area contributed by atoms with Gasteiger partial charge in [0.05, 0.1) is 0 Å². The molecule has 8 nitrogen and oxygen atoms in total. The number of benzene rings is 1. The molecule has 9 heteroatoms. The van der Waals surface area contributed by atoms with Gasteiger partial charge in [-0.1, -0.05) is 17.3 Å². The number of carbonyl (C=O) groups excluding carboxylic acids is 1. The van der Waals surface area contributed by atoms with Crippen molar-refractivity contribution in [3.05, 3.63) is 59.8 Å². The van der Waals surface area contributed by atoms with E-state index in [9.17, 15) is 9.18 Å². The van der Waals surface area contributed by atoms with Crippen LogP contribution in [0.3, 0.4) is 0 Å². The molecule has 4 rings (SSSR count). The number of amides is 1. The third kappa shape index (κ3) is 4.13. The highest BCUT2D eigenvalue weighted by atomic mass is 19.1. The van der Waals surface area contributed by atoms with Crippen LogP contribution in [-0.2, 0) is 13.2 Å². The monoisotopic (exact) mass is 399 g/mol. The molecule has 1 amide bonds. The molecule has 29 heavy (non-hydrogen) atoms. The Morgan fingerprint density at radius 3 is 3.03 bits per heavy atom. The van der Waals surface area contributed by atoms with Crippen molar-refractivity contribution in [1.82, 2.24) is 24.8 Å². The summed E-state index contributed by atoms with van der Waals surface area (Å²) in [6.07, 6.45) is 3.36. The molecule has 1 aliphatic rings. The van der Waals surface area contributed by atoms with Crippen LogP contribution in [-0.4, -0.2) is 43.8 Å². The van der Waals surface area contributed by atoms with E-state index in [1.54, 1.807) is 29.1 Å². The molecule has 1 fully saturated rings. The quantitative estimate of drug-likeness (QED) is 0.633. The number of piperidine rings is 1. The fourth-order valence-corrected chi connectivity index (χ4v) is 3.49. The third-order valence-corrected chi connectivity index (χ3v) is 4.98. The Morgan fingerprint density at radius 2 is 2.21 bits per heavy atom. The van der Waals surface area contributed by atoms with Crippen LogP contribution >= 0.6 is 0 Å². The molecular weight excluding hydrogens is 377 g/mol. The molecule has 1 unspecified atom stereocenters. The van der Waals surface area contributed by atoms with Gasteiger partial charge in [-0.15, -0.1) is 0 Å². The number of hydrogen-bond donors (Lipinski definition) is 0. The van der Waals surface area contributed by atoms with Crippen LogP contribution in [0.2, 0.25) is 0 Å². The first kappa shape index (κ1) is 19.1. The molecule has 2 aromatic heterocycles. The summed E-state index contributed by atoms with van der Waals surface area (Å²) < 4.78 is 26.0. The topological polar surface area (TPSA) is 86.3 Å². The Balaban J connectivity index is 1.40. The first-order valence-corrected chi connectivity index (χ1v) is 9.66. The zero-order valence-electron chi connectivity index (χ0n) is 16.1. The second kappa shape index (κ2) is 8.42. The van der Waals surface area contributed by atoms with E-state index in [0.717, 1.165) is 12.8 Å². The largest absolute Gasteiger partial charge is 0.481 e. The Kier molecular flexibility index (Phi) is 5.55. The van der Waals surface area contributed by atoms with Gasteiger partial charge in [0.1, 0.15) is 5.69 Å². The third-order valence-electron chi connectivity index (χ3n) is 4.98. The second-order valence-corrected chi connectivity index (χ2v) is 6.89. The predicted octanol–water partition coefficient (Wildman–Crippen LogP) is 3.02. The summed E-state index contributed by atoms with van der Waals surface area (Å²) in [6.45, 7) is 3.78. The van der Waals surface area contributed by atoms with Crippen molar-refractivity contribution in [2.75, 3.05) is 13.1 Å². The number of hydrogen-bond acceptors (Lipinski definition) is 6. The lowest BCUT2D eigenvalue weighted by Crippen LogP contribution is -2.40. The highest BCUT2D eigenvalue weighted by molar-refractivity contribution is 5.92. The maximum atomic E-state index is 13.6. The highest BCUT2D eigenvalue weighted by Crippen LogP contribution is 2.26. The van der Waals surface area contributed by atoms with Crippen LogP contribution in [0.5, 0.6) is 5.75 Å². The van der Waals surface area contributed by atoms with E-state index < -0.39 is 5.82 Å². The maximum Gasteiger partial charge on any atom is 0.272 e. The number of halogens is 1. The summed E-state index contributed by atoms with van der Waals surface area (Å²) in [5.41, 5.74) is 0.584. The van der Waals surface area contributed by atoms with Crippen molar-refractivity contribution in [2.45, 2.75) is 38.8 Å². The van der Waals surface area contributed by atoms with E-state index in [-0.39, 0.29) is 30.1 Å². The number of carbonyl (C=O) groups is 1. The van der Waals surface area contributed by atoms with Crippen molar-refractivity contribution in [3.8, 4) is 5.75 Å². The van der Waals surface area contributed by atoms with E-state index in [1.807, 2.05) is 11.8 Å². The SMILES string of the molecule is CCn1nccc1C(=O)N1CCCC(c2noc(COc3ccccc3F)n2)C1. The lowest BCUT2D eigenvalue weighted by atomic mass is 9.97. The number of nitrogens with zero attached hydrogens (tertiary/aromatic N) is 5. The van der Waals surface area contributed by atoms with E-state index in [0.29, 0.717) is 31.2 Å². The lowest BCUT2D eigenvalue weighted by molar-refractivity contribution is 0.0691. The molecule has 0 saturated carbocycles. The van der Waals surface area contributed by atoms with E-state index >= 15 is 0 Å². The molecular formula is C20H22FN5O3. The minimum absolute atomic E-state index is 0.0149. The standard InChI is InChI=1S/C20H22FN5O3/c1-2-26-16(9-10-22-26)20(27)25-11-5-6-14(12-25)19-23-18(29-24-19)13-28-17-8-4-3-7-15(17)21/h3-4,7-10,14H,2,5-6,11-13H2,1H3. The molecule has 3 heterocycles. The fraction of sp³-hybridized carbons (Fsp3) is 0.400. The second-order valence-electron chi connectivity index (χ2n) is 6.89. The van der Waals surface area contributed by atoms with E-state index in [1.165, 1.54) is 12.1 Å². The van der Waals surface area contributed by atoms with Gasteiger partial charge < -0.3 is 14.2 Å². The van der Waals surface area contributed by atoms with Crippen molar-refractivity contribution < 1.29 is 18.4 Å². The molecule has 1 aliphatic heterocycles. The zero-order chi connectivity index (χ0) is 20.2. The van der Waals surface area contributed by atoms with Gasteiger partial charge in [-0.2, -0.15) is 10.1 Å². The number of ether oxygens (including phenoxy) is 1. The number of aryl methyl sites for hydroxylation is 1. The molecule has 0 bridgehead atoms. The van der Waals surface area contributed by atoms with Gasteiger partial charge in [0.2, 0.25) is 0 Å². The predicted molar refractivity (Wildman–Crippen MR) is 101 cm³/mol. The van der Waals surface area contributed by atoms with Gasteiger partial charge in [-0.3, -0.25) is 9.48 Å². The van der Waals surface area contributed by atoms with E-state index in [4.69, 9.17) is 9.26 Å². The van der Waals surface area contributed by atoms with Crippen LogP contribution < -0.4 is 4.74 Å². The van der Waals surface area contributed by atoms with Gasteiger partial charge in [0.15, 0.2) is 24.0 Å². The fourth-order valence-electron chi connectivity index (χ4n) is 3.49. The van der Waals surface area contributed by atoms with Crippen molar-refractivity contribution in [2.24, 2.45) is 0 Å². The molecule has 0 spiro atoms. The first-order valence-electron chi connectivity index (χ1n) is 9.66. The molecule has 1 saturated heterocycles. The van der Waals surface area contributed by atoms with Gasteiger partial charge in [0, 0.05) is 31.7 Å². The average Bonchev–Trinajstić information content (AvgIpc) is 3.42. The number of para-hydroxylation sites is 1. The molecule has 3 aromatic rings. The summed E-state index contributed by atoms with van der Waals surface area (Å²) in [5.74, 6) is 0.445. The minimum Gasteiger partial charge on any atom is -0.481 e. The smallest absolute Gasteiger partial charge is 0.272 e. The molecule has 1 aromatic carbocycles. The first-order chi connectivity index (χ1) is 14.2. The minimum atomic E-state index is -0.444. The van der Waals surface area contributed by atoms with Crippen LogP contribution in [0, 0.1) is 5.82 Å². The molecule has 0 N–H and O–H groups in total. The normalized spacial score (nSPS) is 16.8. The Hall–Kier alpha value is -3.23. The number of likely N-dealkylation sites (tertiary alicyclic amines) is 1. The van der Waals surface area contributed by atoms with Crippen LogP contribution in [0.4, 0.5) is 4.39 Å². The summed E-state index contributed by atoms with van der Waals surface area (Å²) in [5, 5.41) is 8.22. The van der Waals surface area contributed by atoms with Crippen molar-refractivity contribution >= 4 is 5.91 Å². The molecule has 0 aliphatic carbocycles. The van der Waals surface area contributed by atoms with Crippen molar-refractivity contribution in [3.63, 3.8) is 0 Å². The summed E-state index contributed by atoms with van der Waals surface area (Å²) >= 11 is 0. The number of aromatic nitrogens is 4. The molecule has 1 atom stereocenters. The van der Waals surface area contributed by atoms with Gasteiger partial charge in [0.25, 0.3) is 11.8 Å².